The van der Waals surface area contributed by atoms with E-state index in [4.69, 9.17) is 0 Å². The van der Waals surface area contributed by atoms with Gasteiger partial charge in [0.1, 0.15) is 0 Å². The van der Waals surface area contributed by atoms with Gasteiger partial charge < -0.3 is 1.43 Å². The van der Waals surface area contributed by atoms with Crippen molar-refractivity contribution in [2.75, 3.05) is 0 Å². The average Bonchev–Trinajstić information content (AvgIpc) is 0. The number of rotatable bonds is 0. The van der Waals surface area contributed by atoms with Crippen LogP contribution in [0.5, 0.6) is 0 Å². The largest absolute Gasteiger partial charge is 1.00 e. The summed E-state index contributed by atoms with van der Waals surface area (Å²) in [6, 6.07) is 0. The molecule has 0 aromatic carbocycles. The van der Waals surface area contributed by atoms with Crippen LogP contribution in [-0.2, 0) is 34.1 Å². The molecule has 0 heterocycles. The van der Waals surface area contributed by atoms with Gasteiger partial charge in [-0.05, 0) is 0 Å². The molecule has 42 valence electrons. The zero-order valence-corrected chi connectivity index (χ0v) is 8.42. The number of hydrogen-bond acceptors (Lipinski definition) is 0. The number of hydrogen-bond donors (Lipinski definition) is 0. The predicted octanol–water partition coefficient (Wildman–Crippen LogP) is -2.55. The summed E-state index contributed by atoms with van der Waals surface area (Å²) in [5.41, 5.74) is 0. The summed E-state index contributed by atoms with van der Waals surface area (Å²) in [6.07, 6.45) is 0. The van der Waals surface area contributed by atoms with Crippen molar-refractivity contribution >= 4 is 40.5 Å². The molecule has 0 amide bonds. The molecule has 0 radical (unpaired) electrons. The molecular weight excluding hydrogens is 215 g/mol. The van der Waals surface area contributed by atoms with Crippen molar-refractivity contribution in [2.45, 2.75) is 0 Å². The van der Waals surface area contributed by atoms with Gasteiger partial charge in [-0.3, -0.25) is 0 Å². The van der Waals surface area contributed by atoms with Gasteiger partial charge in [-0.2, -0.15) is 40.5 Å². The predicted molar refractivity (Wildman–Crippen MR) is 32.3 cm³/mol. The Hall–Kier alpha value is 2.69. The molecular formula is H7Fe2LiS3. The first kappa shape index (κ1) is 71.1. The topological polar surface area (TPSA) is 0 Å². The van der Waals surface area contributed by atoms with Gasteiger partial charge in [0.05, 0.1) is 0 Å². The molecule has 0 spiro atoms. The van der Waals surface area contributed by atoms with E-state index >= 15 is 0 Å². The van der Waals surface area contributed by atoms with E-state index in [9.17, 15) is 0 Å². The van der Waals surface area contributed by atoms with Crippen LogP contribution >= 0.6 is 40.5 Å². The molecule has 0 N–H and O–H groups in total. The fourth-order valence-electron chi connectivity index (χ4n) is 0. The molecule has 0 saturated carbocycles. The Labute approximate surface area is 93.9 Å². The molecule has 0 aliphatic heterocycles. The first-order valence-corrected chi connectivity index (χ1v) is 0. The molecule has 0 aliphatic carbocycles. The fraction of sp³-hybridized carbons (Fsp3) is 0. The van der Waals surface area contributed by atoms with Crippen LogP contribution in [0, 0.1) is 0 Å². The minimum Gasteiger partial charge on any atom is -1.00 e. The van der Waals surface area contributed by atoms with E-state index in [1.54, 1.807) is 0 Å². The average molecular weight is 222 g/mol. The summed E-state index contributed by atoms with van der Waals surface area (Å²) in [7, 11) is 0. The smallest absolute Gasteiger partial charge is 1.00 e. The van der Waals surface area contributed by atoms with Crippen LogP contribution in [0.4, 0.5) is 0 Å². The fourth-order valence-corrected chi connectivity index (χ4v) is 0. The van der Waals surface area contributed by atoms with Crippen LogP contribution in [0.2, 0.25) is 0 Å². The Morgan fingerprint density at radius 2 is 0.667 bits per heavy atom. The normalized spacial score (nSPS) is 0. The van der Waals surface area contributed by atoms with Crippen molar-refractivity contribution in [1.82, 2.24) is 0 Å². The van der Waals surface area contributed by atoms with Crippen LogP contribution in [0.25, 0.3) is 0 Å². The van der Waals surface area contributed by atoms with Crippen molar-refractivity contribution < 1.29 is 54.4 Å². The summed E-state index contributed by atoms with van der Waals surface area (Å²) in [4.78, 5) is 0. The molecule has 0 saturated heterocycles. The van der Waals surface area contributed by atoms with Gasteiger partial charge >= 0.3 is 18.9 Å². The van der Waals surface area contributed by atoms with Gasteiger partial charge in [0, 0.05) is 34.1 Å². The maximum absolute atomic E-state index is 0. The van der Waals surface area contributed by atoms with E-state index in [-0.39, 0.29) is 94.9 Å². The summed E-state index contributed by atoms with van der Waals surface area (Å²) in [5, 5.41) is 0. The van der Waals surface area contributed by atoms with Crippen molar-refractivity contribution in [3.8, 4) is 0 Å². The monoisotopic (exact) mass is 222 g/mol. The standard InChI is InChI=1S/2Fe.Li.3H2S.H/h;;;3*1H2;/q;;+1;;;;-1. The molecule has 0 aliphatic rings. The molecule has 0 unspecified atom stereocenters. The van der Waals surface area contributed by atoms with Crippen LogP contribution < -0.4 is 18.9 Å². The van der Waals surface area contributed by atoms with Crippen molar-refractivity contribution in [2.24, 2.45) is 0 Å². The van der Waals surface area contributed by atoms with Crippen molar-refractivity contribution in [3.63, 3.8) is 0 Å². The Morgan fingerprint density at radius 3 is 0.667 bits per heavy atom. The molecule has 0 rings (SSSR count). The van der Waals surface area contributed by atoms with Gasteiger partial charge in [0.2, 0.25) is 0 Å². The van der Waals surface area contributed by atoms with E-state index in [0.717, 1.165) is 0 Å². The third-order valence-corrected chi connectivity index (χ3v) is 0. The Kier molecular flexibility index (Phi) is 564. The third-order valence-electron chi connectivity index (χ3n) is 0. The summed E-state index contributed by atoms with van der Waals surface area (Å²) >= 11 is 0. The van der Waals surface area contributed by atoms with Gasteiger partial charge in [0.25, 0.3) is 0 Å². The third kappa shape index (κ3) is 30.0. The van der Waals surface area contributed by atoms with Crippen LogP contribution in [-0.4, -0.2) is 0 Å². The van der Waals surface area contributed by atoms with Gasteiger partial charge in [-0.25, -0.2) is 0 Å². The first-order valence-electron chi connectivity index (χ1n) is 0. The second-order valence-electron chi connectivity index (χ2n) is 0. The van der Waals surface area contributed by atoms with Gasteiger partial charge in [-0.1, -0.05) is 0 Å². The summed E-state index contributed by atoms with van der Waals surface area (Å²) < 4.78 is 0. The molecule has 6 heavy (non-hydrogen) atoms. The van der Waals surface area contributed by atoms with Crippen molar-refractivity contribution in [1.29, 1.82) is 0 Å². The van der Waals surface area contributed by atoms with Crippen LogP contribution in [0.1, 0.15) is 1.43 Å². The molecule has 0 bridgehead atoms. The van der Waals surface area contributed by atoms with E-state index in [0.29, 0.717) is 0 Å². The Bertz CT molecular complexity index is 12.9. The molecule has 0 atom stereocenters. The zero-order chi connectivity index (χ0) is 0. The second kappa shape index (κ2) is 47.6. The second-order valence-corrected chi connectivity index (χ2v) is 0. The maximum atomic E-state index is 0. The Morgan fingerprint density at radius 1 is 0.667 bits per heavy atom. The molecule has 0 fully saturated rings. The van der Waals surface area contributed by atoms with Gasteiger partial charge in [-0.15, -0.1) is 0 Å². The van der Waals surface area contributed by atoms with E-state index in [1.165, 1.54) is 0 Å². The zero-order valence-electron chi connectivity index (χ0n) is 4.21. The van der Waals surface area contributed by atoms with E-state index in [1.807, 2.05) is 0 Å². The maximum Gasteiger partial charge on any atom is 1.00 e. The van der Waals surface area contributed by atoms with Crippen molar-refractivity contribution in [3.05, 3.63) is 0 Å². The minimum absolute atomic E-state index is 0. The summed E-state index contributed by atoms with van der Waals surface area (Å²) in [5.74, 6) is 0. The molecule has 0 nitrogen and oxygen atoms in total. The molecule has 6 heteroatoms. The van der Waals surface area contributed by atoms with Crippen LogP contribution in [0.15, 0.2) is 0 Å². The SMILES string of the molecule is S.S.S.[Fe].[Fe].[H-].[Li+]. The van der Waals surface area contributed by atoms with Crippen LogP contribution in [0.3, 0.4) is 0 Å². The quantitative estimate of drug-likeness (QED) is 0.396. The van der Waals surface area contributed by atoms with E-state index < -0.39 is 0 Å². The minimum atomic E-state index is 0. The molecule has 0 aromatic heterocycles. The van der Waals surface area contributed by atoms with E-state index in [2.05, 4.69) is 0 Å². The summed E-state index contributed by atoms with van der Waals surface area (Å²) in [6.45, 7) is 0. The molecule has 0 aromatic rings. The Balaban J connectivity index is 0. The van der Waals surface area contributed by atoms with Gasteiger partial charge in [0.15, 0.2) is 0 Å². The first-order chi connectivity index (χ1) is 0.